The highest BCUT2D eigenvalue weighted by molar-refractivity contribution is 5.59. The maximum atomic E-state index is 5.50. The number of nitrogen functional groups attached to an aromatic ring is 1. The smallest absolute Gasteiger partial charge is 0.148 e. The molecule has 1 heterocycles. The molecule has 0 aromatic carbocycles. The minimum absolute atomic E-state index is 0.326. The third-order valence-electron chi connectivity index (χ3n) is 2.58. The van der Waals surface area contributed by atoms with E-state index < -0.39 is 0 Å². The van der Waals surface area contributed by atoms with E-state index in [-0.39, 0.29) is 0 Å². The van der Waals surface area contributed by atoms with E-state index in [0.29, 0.717) is 17.7 Å². The van der Waals surface area contributed by atoms with Gasteiger partial charge in [0.2, 0.25) is 0 Å². The Hall–Kier alpha value is -1.36. The Kier molecular flexibility index (Phi) is 4.69. The van der Waals surface area contributed by atoms with E-state index in [1.165, 1.54) is 0 Å². The van der Waals surface area contributed by atoms with Crippen molar-refractivity contribution in [3.63, 3.8) is 0 Å². The molecule has 5 nitrogen and oxygen atoms in total. The molecule has 0 radical (unpaired) electrons. The number of nitrogens with zero attached hydrogens (tertiary/aromatic N) is 3. The summed E-state index contributed by atoms with van der Waals surface area (Å²) in [4.78, 5) is 10.7. The average molecular weight is 237 g/mol. The summed E-state index contributed by atoms with van der Waals surface area (Å²) < 4.78 is 0. The highest BCUT2D eigenvalue weighted by Crippen LogP contribution is 2.29. The fourth-order valence-electron chi connectivity index (χ4n) is 1.97. The molecule has 96 valence electrons. The Morgan fingerprint density at radius 1 is 1.29 bits per heavy atom. The summed E-state index contributed by atoms with van der Waals surface area (Å²) in [6.07, 6.45) is 1.55. The largest absolute Gasteiger partial charge is 0.359 e. The predicted molar refractivity (Wildman–Crippen MR) is 72.0 cm³/mol. The maximum Gasteiger partial charge on any atom is 0.148 e. The van der Waals surface area contributed by atoms with E-state index in [0.717, 1.165) is 17.9 Å². The Bertz CT molecular complexity index is 362. The van der Waals surface area contributed by atoms with Crippen molar-refractivity contribution in [2.45, 2.75) is 33.6 Å². The first-order valence-electron chi connectivity index (χ1n) is 6.00. The summed E-state index contributed by atoms with van der Waals surface area (Å²) in [6.45, 7) is 9.57. The lowest BCUT2D eigenvalue weighted by molar-refractivity contribution is 0.630. The quantitative estimate of drug-likeness (QED) is 0.605. The van der Waals surface area contributed by atoms with Crippen molar-refractivity contribution in [1.82, 2.24) is 9.97 Å². The van der Waals surface area contributed by atoms with E-state index >= 15 is 0 Å². The molecule has 0 amide bonds. The van der Waals surface area contributed by atoms with Gasteiger partial charge in [-0.1, -0.05) is 27.7 Å². The SMILES string of the molecule is CC(C)CN(C)c1ncnc(NN)c1C(C)C. The first-order valence-corrected chi connectivity index (χ1v) is 6.00. The first-order chi connectivity index (χ1) is 7.97. The van der Waals surface area contributed by atoms with Gasteiger partial charge in [0, 0.05) is 19.2 Å². The highest BCUT2D eigenvalue weighted by atomic mass is 15.3. The number of nitrogens with one attached hydrogen (secondary N) is 1. The zero-order valence-corrected chi connectivity index (χ0v) is 11.4. The molecule has 0 bridgehead atoms. The lowest BCUT2D eigenvalue weighted by Crippen LogP contribution is -2.26. The van der Waals surface area contributed by atoms with Crippen LogP contribution in [-0.2, 0) is 0 Å². The summed E-state index contributed by atoms with van der Waals surface area (Å²) in [5.74, 6) is 8.08. The molecule has 1 aromatic rings. The van der Waals surface area contributed by atoms with Crippen LogP contribution < -0.4 is 16.2 Å². The Morgan fingerprint density at radius 3 is 2.41 bits per heavy atom. The molecule has 0 aliphatic carbocycles. The maximum absolute atomic E-state index is 5.50. The molecule has 0 unspecified atom stereocenters. The highest BCUT2D eigenvalue weighted by Gasteiger charge is 2.17. The van der Waals surface area contributed by atoms with Gasteiger partial charge >= 0.3 is 0 Å². The van der Waals surface area contributed by atoms with Crippen molar-refractivity contribution in [3.8, 4) is 0 Å². The number of hydrogen-bond donors (Lipinski definition) is 2. The second-order valence-corrected chi connectivity index (χ2v) is 5.03. The fourth-order valence-corrected chi connectivity index (χ4v) is 1.97. The monoisotopic (exact) mass is 237 g/mol. The van der Waals surface area contributed by atoms with E-state index in [1.807, 2.05) is 0 Å². The van der Waals surface area contributed by atoms with Crippen LogP contribution in [-0.4, -0.2) is 23.6 Å². The Labute approximate surface area is 103 Å². The average Bonchev–Trinajstić information content (AvgIpc) is 2.26. The van der Waals surface area contributed by atoms with Gasteiger partial charge in [0.15, 0.2) is 0 Å². The summed E-state index contributed by atoms with van der Waals surface area (Å²) >= 11 is 0. The van der Waals surface area contributed by atoms with Gasteiger partial charge in [-0.15, -0.1) is 0 Å². The van der Waals surface area contributed by atoms with Gasteiger partial charge in [-0.3, -0.25) is 0 Å². The van der Waals surface area contributed by atoms with E-state index in [9.17, 15) is 0 Å². The van der Waals surface area contributed by atoms with E-state index in [4.69, 9.17) is 5.84 Å². The third-order valence-corrected chi connectivity index (χ3v) is 2.58. The molecule has 0 aliphatic rings. The summed E-state index contributed by atoms with van der Waals surface area (Å²) in [5, 5.41) is 0. The van der Waals surface area contributed by atoms with Crippen molar-refractivity contribution < 1.29 is 0 Å². The molecule has 0 spiro atoms. The van der Waals surface area contributed by atoms with Crippen LogP contribution in [0.2, 0.25) is 0 Å². The number of hydrazine groups is 1. The van der Waals surface area contributed by atoms with Crippen molar-refractivity contribution >= 4 is 11.6 Å². The first kappa shape index (κ1) is 13.7. The van der Waals surface area contributed by atoms with E-state index in [2.05, 4.69) is 55.0 Å². The molecule has 0 saturated carbocycles. The van der Waals surface area contributed by atoms with Gasteiger partial charge in [0.05, 0.1) is 0 Å². The van der Waals surface area contributed by atoms with Crippen LogP contribution in [0, 0.1) is 5.92 Å². The van der Waals surface area contributed by atoms with Crippen molar-refractivity contribution in [3.05, 3.63) is 11.9 Å². The van der Waals surface area contributed by atoms with Gasteiger partial charge in [-0.25, -0.2) is 15.8 Å². The molecule has 17 heavy (non-hydrogen) atoms. The molecule has 0 fully saturated rings. The number of rotatable bonds is 5. The molecule has 0 atom stereocenters. The van der Waals surface area contributed by atoms with Crippen molar-refractivity contribution in [2.24, 2.45) is 11.8 Å². The molecule has 3 N–H and O–H groups in total. The predicted octanol–water partition coefficient (Wildman–Crippen LogP) is 1.98. The lowest BCUT2D eigenvalue weighted by Gasteiger charge is -2.25. The zero-order chi connectivity index (χ0) is 13.0. The lowest BCUT2D eigenvalue weighted by atomic mass is 10.0. The van der Waals surface area contributed by atoms with Crippen LogP contribution in [0.4, 0.5) is 11.6 Å². The van der Waals surface area contributed by atoms with E-state index in [1.54, 1.807) is 6.33 Å². The molecular weight excluding hydrogens is 214 g/mol. The number of anilines is 2. The Balaban J connectivity index is 3.13. The third kappa shape index (κ3) is 3.30. The van der Waals surface area contributed by atoms with Crippen LogP contribution in [0.5, 0.6) is 0 Å². The zero-order valence-electron chi connectivity index (χ0n) is 11.4. The van der Waals surface area contributed by atoms with Gasteiger partial charge in [-0.2, -0.15) is 0 Å². The van der Waals surface area contributed by atoms with Gasteiger partial charge < -0.3 is 10.3 Å². The molecule has 0 saturated heterocycles. The van der Waals surface area contributed by atoms with Crippen molar-refractivity contribution in [2.75, 3.05) is 23.9 Å². The minimum Gasteiger partial charge on any atom is -0.359 e. The van der Waals surface area contributed by atoms with Crippen LogP contribution in [0.3, 0.4) is 0 Å². The fraction of sp³-hybridized carbons (Fsp3) is 0.667. The van der Waals surface area contributed by atoms with Gasteiger partial charge in [0.25, 0.3) is 0 Å². The number of hydrogen-bond acceptors (Lipinski definition) is 5. The molecule has 0 aliphatic heterocycles. The van der Waals surface area contributed by atoms with Crippen molar-refractivity contribution in [1.29, 1.82) is 0 Å². The topological polar surface area (TPSA) is 67.1 Å². The standard InChI is InChI=1S/C12H23N5/c1-8(2)6-17(5)12-10(9(3)4)11(16-13)14-7-15-12/h7-9H,6,13H2,1-5H3,(H,14,15,16). The molecular formula is C12H23N5. The normalized spacial score (nSPS) is 11.1. The van der Waals surface area contributed by atoms with Crippen LogP contribution in [0.1, 0.15) is 39.2 Å². The molecule has 1 aromatic heterocycles. The molecule has 5 heteroatoms. The van der Waals surface area contributed by atoms with Crippen LogP contribution in [0.15, 0.2) is 6.33 Å². The second-order valence-electron chi connectivity index (χ2n) is 5.03. The second kappa shape index (κ2) is 5.82. The Morgan fingerprint density at radius 2 is 1.94 bits per heavy atom. The minimum atomic E-state index is 0.326. The summed E-state index contributed by atoms with van der Waals surface area (Å²) in [6, 6.07) is 0. The number of nitrogens with two attached hydrogens (primary N) is 1. The summed E-state index contributed by atoms with van der Waals surface area (Å²) in [5.41, 5.74) is 3.72. The van der Waals surface area contributed by atoms with Gasteiger partial charge in [-0.05, 0) is 11.8 Å². The number of aromatic nitrogens is 2. The summed E-state index contributed by atoms with van der Waals surface area (Å²) in [7, 11) is 2.05. The van der Waals surface area contributed by atoms with Crippen LogP contribution >= 0.6 is 0 Å². The molecule has 1 rings (SSSR count). The van der Waals surface area contributed by atoms with Gasteiger partial charge in [0.1, 0.15) is 18.0 Å². The van der Waals surface area contributed by atoms with Crippen LogP contribution in [0.25, 0.3) is 0 Å².